The second-order valence-electron chi connectivity index (χ2n) is 4.55. The molecule has 0 bridgehead atoms. The highest BCUT2D eigenvalue weighted by atomic mass is 16.4. The van der Waals surface area contributed by atoms with Crippen LogP contribution in [0, 0.1) is 0 Å². The second kappa shape index (κ2) is 4.29. The minimum absolute atomic E-state index is 0.0576. The van der Waals surface area contributed by atoms with Crippen LogP contribution in [0.4, 0.5) is 5.82 Å². The maximum atomic E-state index is 10.6. The third-order valence-corrected chi connectivity index (χ3v) is 3.02. The molecule has 92 valence electrons. The average molecular weight is 237 g/mol. The zero-order chi connectivity index (χ0) is 12.5. The van der Waals surface area contributed by atoms with Gasteiger partial charge in [-0.25, -0.2) is 14.8 Å². The van der Waals surface area contributed by atoms with Crippen LogP contribution in [-0.2, 0) is 0 Å². The van der Waals surface area contributed by atoms with Crippen molar-refractivity contribution < 1.29 is 15.0 Å². The standard InChI is InChI=1S/C11H15N3O3/c1-11(17)2-4-14(5-3-11)9-7-12-8(6-13-9)10(15)16/h6-7,17H,2-5H2,1H3,(H,15,16). The maximum Gasteiger partial charge on any atom is 0.356 e. The molecule has 0 aliphatic carbocycles. The lowest BCUT2D eigenvalue weighted by Crippen LogP contribution is -2.42. The molecule has 0 saturated carbocycles. The lowest BCUT2D eigenvalue weighted by molar-refractivity contribution is 0.0350. The van der Waals surface area contributed by atoms with Crippen LogP contribution in [-0.4, -0.2) is 44.8 Å². The lowest BCUT2D eigenvalue weighted by Gasteiger charge is -2.36. The molecule has 0 amide bonds. The van der Waals surface area contributed by atoms with Gasteiger partial charge in [-0.1, -0.05) is 0 Å². The van der Waals surface area contributed by atoms with Crippen molar-refractivity contribution in [2.75, 3.05) is 18.0 Å². The summed E-state index contributed by atoms with van der Waals surface area (Å²) in [4.78, 5) is 20.5. The first kappa shape index (κ1) is 11.8. The molecule has 1 aromatic rings. The van der Waals surface area contributed by atoms with Gasteiger partial charge in [0.1, 0.15) is 5.82 Å². The van der Waals surface area contributed by atoms with Gasteiger partial charge in [0.2, 0.25) is 0 Å². The van der Waals surface area contributed by atoms with E-state index in [1.54, 1.807) is 0 Å². The Kier molecular flexibility index (Phi) is 2.97. The Labute approximate surface area is 98.9 Å². The summed E-state index contributed by atoms with van der Waals surface area (Å²) in [6, 6.07) is 0. The predicted molar refractivity (Wildman–Crippen MR) is 61.1 cm³/mol. The molecule has 0 unspecified atom stereocenters. The van der Waals surface area contributed by atoms with Gasteiger partial charge < -0.3 is 15.1 Å². The highest BCUT2D eigenvalue weighted by Crippen LogP contribution is 2.24. The van der Waals surface area contributed by atoms with Crippen molar-refractivity contribution in [3.63, 3.8) is 0 Å². The van der Waals surface area contributed by atoms with E-state index in [1.165, 1.54) is 12.4 Å². The van der Waals surface area contributed by atoms with Gasteiger partial charge in [0.15, 0.2) is 5.69 Å². The maximum absolute atomic E-state index is 10.6. The topological polar surface area (TPSA) is 86.5 Å². The second-order valence-corrected chi connectivity index (χ2v) is 4.55. The number of aliphatic hydroxyl groups is 1. The Bertz CT molecular complexity index is 406. The molecule has 6 nitrogen and oxygen atoms in total. The fourth-order valence-electron chi connectivity index (χ4n) is 1.81. The zero-order valence-corrected chi connectivity index (χ0v) is 9.63. The smallest absolute Gasteiger partial charge is 0.356 e. The number of nitrogens with zero attached hydrogens (tertiary/aromatic N) is 3. The summed E-state index contributed by atoms with van der Waals surface area (Å²) in [6.07, 6.45) is 4.07. The summed E-state index contributed by atoms with van der Waals surface area (Å²) >= 11 is 0. The fourth-order valence-corrected chi connectivity index (χ4v) is 1.81. The van der Waals surface area contributed by atoms with Crippen molar-refractivity contribution in [2.24, 2.45) is 0 Å². The predicted octanol–water partition coefficient (Wildman–Crippen LogP) is 0.526. The Morgan fingerprint density at radius 1 is 1.35 bits per heavy atom. The number of aromatic nitrogens is 2. The van der Waals surface area contributed by atoms with Crippen LogP contribution in [0.1, 0.15) is 30.3 Å². The molecule has 6 heteroatoms. The molecule has 2 rings (SSSR count). The summed E-state index contributed by atoms with van der Waals surface area (Å²) < 4.78 is 0. The van der Waals surface area contributed by atoms with Gasteiger partial charge >= 0.3 is 5.97 Å². The van der Waals surface area contributed by atoms with E-state index in [0.717, 1.165) is 0 Å². The molecule has 1 aliphatic heterocycles. The first-order valence-corrected chi connectivity index (χ1v) is 5.51. The number of carbonyl (C=O) groups is 1. The van der Waals surface area contributed by atoms with Gasteiger partial charge in [-0.3, -0.25) is 0 Å². The number of carboxylic acids is 1. The molecule has 0 spiro atoms. The molecule has 1 aliphatic rings. The monoisotopic (exact) mass is 237 g/mol. The SMILES string of the molecule is CC1(O)CCN(c2cnc(C(=O)O)cn2)CC1. The Balaban J connectivity index is 2.06. The van der Waals surface area contributed by atoms with Crippen LogP contribution in [0.25, 0.3) is 0 Å². The van der Waals surface area contributed by atoms with E-state index in [0.29, 0.717) is 31.7 Å². The number of carboxylic acid groups (broad SMARTS) is 1. The van der Waals surface area contributed by atoms with Crippen molar-refractivity contribution in [1.29, 1.82) is 0 Å². The molecule has 1 saturated heterocycles. The number of anilines is 1. The van der Waals surface area contributed by atoms with Gasteiger partial charge in [0.25, 0.3) is 0 Å². The fraction of sp³-hybridized carbons (Fsp3) is 0.545. The Hall–Kier alpha value is -1.69. The van der Waals surface area contributed by atoms with Crippen molar-refractivity contribution >= 4 is 11.8 Å². The van der Waals surface area contributed by atoms with Crippen LogP contribution >= 0.6 is 0 Å². The van der Waals surface area contributed by atoms with Gasteiger partial charge in [-0.05, 0) is 19.8 Å². The average Bonchev–Trinajstić information content (AvgIpc) is 2.29. The molecular weight excluding hydrogens is 222 g/mol. The van der Waals surface area contributed by atoms with Crippen molar-refractivity contribution in [3.05, 3.63) is 18.1 Å². The van der Waals surface area contributed by atoms with Crippen LogP contribution in [0.15, 0.2) is 12.4 Å². The molecule has 17 heavy (non-hydrogen) atoms. The third-order valence-electron chi connectivity index (χ3n) is 3.02. The zero-order valence-electron chi connectivity index (χ0n) is 9.63. The van der Waals surface area contributed by atoms with E-state index in [2.05, 4.69) is 9.97 Å². The van der Waals surface area contributed by atoms with E-state index in [-0.39, 0.29) is 5.69 Å². The molecule has 1 fully saturated rings. The van der Waals surface area contributed by atoms with Gasteiger partial charge in [-0.15, -0.1) is 0 Å². The van der Waals surface area contributed by atoms with Gasteiger partial charge in [0.05, 0.1) is 18.0 Å². The summed E-state index contributed by atoms with van der Waals surface area (Å²) in [5.74, 6) is -0.420. The van der Waals surface area contributed by atoms with E-state index >= 15 is 0 Å². The minimum Gasteiger partial charge on any atom is -0.476 e. The van der Waals surface area contributed by atoms with E-state index < -0.39 is 11.6 Å². The van der Waals surface area contributed by atoms with Gasteiger partial charge in [-0.2, -0.15) is 0 Å². The molecule has 2 N–H and O–H groups in total. The lowest BCUT2D eigenvalue weighted by atomic mass is 9.94. The Morgan fingerprint density at radius 3 is 2.47 bits per heavy atom. The quantitative estimate of drug-likeness (QED) is 0.780. The van der Waals surface area contributed by atoms with Crippen molar-refractivity contribution in [2.45, 2.75) is 25.4 Å². The van der Waals surface area contributed by atoms with Crippen LogP contribution in [0.5, 0.6) is 0 Å². The van der Waals surface area contributed by atoms with E-state index in [9.17, 15) is 9.90 Å². The molecule has 0 aromatic carbocycles. The number of aromatic carboxylic acids is 1. The number of rotatable bonds is 2. The largest absolute Gasteiger partial charge is 0.476 e. The van der Waals surface area contributed by atoms with Crippen LogP contribution < -0.4 is 4.90 Å². The number of piperidine rings is 1. The highest BCUT2D eigenvalue weighted by Gasteiger charge is 2.27. The number of hydrogen-bond acceptors (Lipinski definition) is 5. The van der Waals surface area contributed by atoms with E-state index in [1.807, 2.05) is 11.8 Å². The molecule has 0 atom stereocenters. The number of hydrogen-bond donors (Lipinski definition) is 2. The summed E-state index contributed by atoms with van der Waals surface area (Å²) in [5, 5.41) is 18.5. The first-order valence-electron chi connectivity index (χ1n) is 5.51. The molecule has 0 radical (unpaired) electrons. The molecule has 1 aromatic heterocycles. The van der Waals surface area contributed by atoms with Gasteiger partial charge in [0, 0.05) is 13.1 Å². The first-order chi connectivity index (χ1) is 7.98. The van der Waals surface area contributed by atoms with Crippen molar-refractivity contribution in [3.8, 4) is 0 Å². The normalized spacial score (nSPS) is 19.1. The van der Waals surface area contributed by atoms with Crippen LogP contribution in [0.2, 0.25) is 0 Å². The summed E-state index contributed by atoms with van der Waals surface area (Å²) in [5.41, 5.74) is -0.664. The van der Waals surface area contributed by atoms with E-state index in [4.69, 9.17) is 5.11 Å². The van der Waals surface area contributed by atoms with Crippen molar-refractivity contribution in [1.82, 2.24) is 9.97 Å². The Morgan fingerprint density at radius 2 is 2.00 bits per heavy atom. The highest BCUT2D eigenvalue weighted by molar-refractivity contribution is 5.84. The minimum atomic E-state index is -1.08. The van der Waals surface area contributed by atoms with Crippen LogP contribution in [0.3, 0.4) is 0 Å². The summed E-state index contributed by atoms with van der Waals surface area (Å²) in [6.45, 7) is 3.23. The third kappa shape index (κ3) is 2.71. The molecule has 2 heterocycles. The molecular formula is C11H15N3O3. The summed E-state index contributed by atoms with van der Waals surface area (Å²) in [7, 11) is 0.